The monoisotopic (exact) mass is 260 g/mol. The van der Waals surface area contributed by atoms with Crippen LogP contribution >= 0.6 is 0 Å². The predicted molar refractivity (Wildman–Crippen MR) is 78.0 cm³/mol. The zero-order chi connectivity index (χ0) is 14.3. The molecule has 3 heteroatoms. The number of hydrogen-bond donors (Lipinski definition) is 2. The van der Waals surface area contributed by atoms with Gasteiger partial charge in [-0.2, -0.15) is 0 Å². The van der Waals surface area contributed by atoms with Crippen molar-refractivity contribution in [2.75, 3.05) is 7.05 Å². The topological polar surface area (TPSA) is 41.1 Å². The predicted octanol–water partition coefficient (Wildman–Crippen LogP) is 2.57. The molecule has 3 nitrogen and oxygen atoms in total. The van der Waals surface area contributed by atoms with Crippen LogP contribution in [0.5, 0.6) is 0 Å². The summed E-state index contributed by atoms with van der Waals surface area (Å²) in [6, 6.07) is 6.52. The number of rotatable bonds is 3. The first-order valence-corrected chi connectivity index (χ1v) is 6.90. The Morgan fingerprint density at radius 1 is 1.26 bits per heavy atom. The van der Waals surface area contributed by atoms with Crippen LogP contribution in [0.15, 0.2) is 18.2 Å². The maximum absolute atomic E-state index is 12.2. The highest BCUT2D eigenvalue weighted by molar-refractivity contribution is 5.91. The summed E-state index contributed by atoms with van der Waals surface area (Å²) >= 11 is 0. The first-order valence-electron chi connectivity index (χ1n) is 6.90. The average Bonchev–Trinajstić information content (AvgIpc) is 3.09. The Morgan fingerprint density at radius 2 is 1.89 bits per heavy atom. The molecule has 0 radical (unpaired) electrons. The van der Waals surface area contributed by atoms with Crippen LogP contribution in [-0.2, 0) is 15.6 Å². The fourth-order valence-electron chi connectivity index (χ4n) is 2.64. The quantitative estimate of drug-likeness (QED) is 0.820. The van der Waals surface area contributed by atoms with Crippen LogP contribution in [0.25, 0.3) is 0 Å². The van der Waals surface area contributed by atoms with Gasteiger partial charge in [0.25, 0.3) is 0 Å². The van der Waals surface area contributed by atoms with E-state index in [9.17, 15) is 4.79 Å². The first kappa shape index (κ1) is 14.1. The third kappa shape index (κ3) is 2.52. The lowest BCUT2D eigenvalue weighted by atomic mass is 9.82. The van der Waals surface area contributed by atoms with E-state index < -0.39 is 0 Å². The summed E-state index contributed by atoms with van der Waals surface area (Å²) in [5.74, 6) is 0.0848. The summed E-state index contributed by atoms with van der Waals surface area (Å²) < 4.78 is 0. The van der Waals surface area contributed by atoms with Crippen molar-refractivity contribution >= 4 is 5.91 Å². The van der Waals surface area contributed by atoms with Crippen LogP contribution in [-0.4, -0.2) is 13.0 Å². The van der Waals surface area contributed by atoms with Gasteiger partial charge in [-0.1, -0.05) is 39.0 Å². The van der Waals surface area contributed by atoms with Gasteiger partial charge in [0.2, 0.25) is 5.91 Å². The molecule has 2 N–H and O–H groups in total. The summed E-state index contributed by atoms with van der Waals surface area (Å²) in [5, 5.41) is 0. The van der Waals surface area contributed by atoms with E-state index >= 15 is 0 Å². The normalized spacial score (nSPS) is 17.1. The third-order valence-corrected chi connectivity index (χ3v) is 4.03. The number of nitrogens with one attached hydrogen (secondary N) is 2. The molecular formula is C16H24N2O. The lowest BCUT2D eigenvalue weighted by molar-refractivity contribution is -0.124. The molecule has 0 atom stereocenters. The molecule has 1 amide bonds. The first-order chi connectivity index (χ1) is 8.81. The molecule has 1 aliphatic rings. The summed E-state index contributed by atoms with van der Waals surface area (Å²) in [6.07, 6.45) is 1.88. The lowest BCUT2D eigenvalue weighted by Crippen LogP contribution is -2.41. The summed E-state index contributed by atoms with van der Waals surface area (Å²) in [6.45, 7) is 8.74. The van der Waals surface area contributed by atoms with Crippen molar-refractivity contribution in [3.63, 3.8) is 0 Å². The number of hydrazine groups is 1. The van der Waals surface area contributed by atoms with Crippen molar-refractivity contribution in [2.24, 2.45) is 0 Å². The Labute approximate surface area is 115 Å². The molecule has 0 saturated heterocycles. The Morgan fingerprint density at radius 3 is 2.32 bits per heavy atom. The highest BCUT2D eigenvalue weighted by Crippen LogP contribution is 2.49. The van der Waals surface area contributed by atoms with E-state index in [1.54, 1.807) is 7.05 Å². The number of hydrogen-bond acceptors (Lipinski definition) is 2. The fraction of sp³-hybridized carbons (Fsp3) is 0.562. The summed E-state index contributed by atoms with van der Waals surface area (Å²) in [7, 11) is 1.73. The molecule has 19 heavy (non-hydrogen) atoms. The van der Waals surface area contributed by atoms with Gasteiger partial charge in [-0.25, -0.2) is 5.43 Å². The molecule has 1 aromatic carbocycles. The number of aryl methyl sites for hydroxylation is 1. The molecule has 1 saturated carbocycles. The zero-order valence-electron chi connectivity index (χ0n) is 12.6. The van der Waals surface area contributed by atoms with E-state index in [0.717, 1.165) is 12.8 Å². The van der Waals surface area contributed by atoms with Gasteiger partial charge in [-0.05, 0) is 41.9 Å². The minimum absolute atomic E-state index is 0.0848. The summed E-state index contributed by atoms with van der Waals surface area (Å²) in [4.78, 5) is 12.2. The molecule has 0 heterocycles. The maximum atomic E-state index is 12.2. The van der Waals surface area contributed by atoms with Gasteiger partial charge < -0.3 is 0 Å². The lowest BCUT2D eigenvalue weighted by Gasteiger charge is -2.23. The fourth-order valence-corrected chi connectivity index (χ4v) is 2.64. The molecule has 2 rings (SSSR count). The van der Waals surface area contributed by atoms with Crippen molar-refractivity contribution in [1.29, 1.82) is 0 Å². The molecule has 0 spiro atoms. The molecule has 0 unspecified atom stereocenters. The van der Waals surface area contributed by atoms with Crippen molar-refractivity contribution in [3.05, 3.63) is 34.9 Å². The van der Waals surface area contributed by atoms with Gasteiger partial charge in [-0.3, -0.25) is 10.2 Å². The molecular weight excluding hydrogens is 236 g/mol. The molecule has 0 bridgehead atoms. The molecule has 104 valence electrons. The minimum atomic E-state index is -0.302. The second kappa shape index (κ2) is 4.64. The molecule has 1 aliphatic carbocycles. The van der Waals surface area contributed by atoms with Crippen LogP contribution in [0.3, 0.4) is 0 Å². The third-order valence-electron chi connectivity index (χ3n) is 4.03. The SMILES string of the molecule is CNNC(=O)C1(c2ccc(C(C)(C)C)cc2C)CC1. The van der Waals surface area contributed by atoms with Crippen LogP contribution in [0.1, 0.15) is 50.3 Å². The molecule has 1 fully saturated rings. The highest BCUT2D eigenvalue weighted by Gasteiger charge is 2.51. The van der Waals surface area contributed by atoms with Gasteiger partial charge >= 0.3 is 0 Å². The van der Waals surface area contributed by atoms with E-state index in [0.29, 0.717) is 0 Å². The Kier molecular flexibility index (Phi) is 3.43. The smallest absolute Gasteiger partial charge is 0.244 e. The largest absolute Gasteiger partial charge is 0.291 e. The highest BCUT2D eigenvalue weighted by atomic mass is 16.2. The van der Waals surface area contributed by atoms with Crippen LogP contribution in [0.2, 0.25) is 0 Å². The number of carbonyl (C=O) groups excluding carboxylic acids is 1. The van der Waals surface area contributed by atoms with E-state index in [1.807, 2.05) is 0 Å². The van der Waals surface area contributed by atoms with Crippen LogP contribution < -0.4 is 10.9 Å². The molecule has 0 aliphatic heterocycles. The van der Waals surface area contributed by atoms with Gasteiger partial charge in [0.05, 0.1) is 5.41 Å². The van der Waals surface area contributed by atoms with Crippen molar-refractivity contribution in [3.8, 4) is 0 Å². The van der Waals surface area contributed by atoms with Gasteiger partial charge in [0.1, 0.15) is 0 Å². The minimum Gasteiger partial charge on any atom is -0.291 e. The standard InChI is InChI=1S/C16H24N2O/c1-11-10-12(15(2,3)4)6-7-13(11)16(8-9-16)14(19)18-17-5/h6-7,10,17H,8-9H2,1-5H3,(H,18,19). The summed E-state index contributed by atoms with van der Waals surface area (Å²) in [5.41, 5.74) is 9.02. The van der Waals surface area contributed by atoms with Crippen LogP contribution in [0.4, 0.5) is 0 Å². The Hall–Kier alpha value is -1.35. The number of carbonyl (C=O) groups is 1. The second-order valence-corrected chi connectivity index (χ2v) is 6.57. The Bertz CT molecular complexity index is 496. The molecule has 1 aromatic rings. The average molecular weight is 260 g/mol. The van der Waals surface area contributed by atoms with E-state index in [4.69, 9.17) is 0 Å². The van der Waals surface area contributed by atoms with Crippen molar-refractivity contribution < 1.29 is 4.79 Å². The van der Waals surface area contributed by atoms with Gasteiger partial charge in [0, 0.05) is 7.05 Å². The number of amides is 1. The van der Waals surface area contributed by atoms with E-state index in [2.05, 4.69) is 56.7 Å². The molecule has 0 aromatic heterocycles. The van der Waals surface area contributed by atoms with Gasteiger partial charge in [-0.15, -0.1) is 0 Å². The number of benzene rings is 1. The van der Waals surface area contributed by atoms with Gasteiger partial charge in [0.15, 0.2) is 0 Å². The van der Waals surface area contributed by atoms with Crippen molar-refractivity contribution in [2.45, 2.75) is 51.4 Å². The zero-order valence-corrected chi connectivity index (χ0v) is 12.6. The van der Waals surface area contributed by atoms with E-state index in [1.165, 1.54) is 16.7 Å². The second-order valence-electron chi connectivity index (χ2n) is 6.57. The van der Waals surface area contributed by atoms with Crippen LogP contribution in [0, 0.1) is 6.92 Å². The Balaban J connectivity index is 2.35. The maximum Gasteiger partial charge on any atom is 0.244 e. The van der Waals surface area contributed by atoms with Crippen molar-refractivity contribution in [1.82, 2.24) is 10.9 Å². The van der Waals surface area contributed by atoms with E-state index in [-0.39, 0.29) is 16.7 Å².